The van der Waals surface area contributed by atoms with E-state index < -0.39 is 0 Å². The predicted molar refractivity (Wildman–Crippen MR) is 134 cm³/mol. The molecule has 2 amide bonds. The summed E-state index contributed by atoms with van der Waals surface area (Å²) in [6.45, 7) is 8.26. The molecule has 32 heavy (non-hydrogen) atoms. The van der Waals surface area contributed by atoms with Gasteiger partial charge in [0.25, 0.3) is 0 Å². The number of carbonyl (C=O) groups is 1. The Bertz CT molecular complexity index is 1280. The number of carbonyl (C=O) groups excluding carboxylic acids is 1. The topological polar surface area (TPSA) is 54.3 Å². The quantitative estimate of drug-likeness (QED) is 0.325. The molecule has 0 spiro atoms. The molecule has 0 radical (unpaired) electrons. The first kappa shape index (κ1) is 22.0. The highest BCUT2D eigenvalue weighted by Crippen LogP contribution is 2.42. The molecule has 1 heterocycles. The van der Waals surface area contributed by atoms with Gasteiger partial charge in [0.2, 0.25) is 5.88 Å². The molecule has 0 aliphatic carbocycles. The van der Waals surface area contributed by atoms with Crippen LogP contribution < -0.4 is 10.6 Å². The summed E-state index contributed by atoms with van der Waals surface area (Å²) in [5.41, 5.74) is 7.63. The molecule has 4 nitrogen and oxygen atoms in total. The van der Waals surface area contributed by atoms with E-state index in [1.54, 1.807) is 0 Å². The van der Waals surface area contributed by atoms with Crippen molar-refractivity contribution in [2.24, 2.45) is 0 Å². The molecule has 4 rings (SSSR count). The number of fused-ring (bicyclic) bond motifs is 1. The average Bonchev–Trinajstić information content (AvgIpc) is 3.10. The van der Waals surface area contributed by atoms with Crippen LogP contribution in [0.4, 0.5) is 16.4 Å². The Morgan fingerprint density at radius 2 is 1.56 bits per heavy atom. The molecule has 0 bridgehead atoms. The minimum absolute atomic E-state index is 0.346. The second kappa shape index (κ2) is 9.09. The highest BCUT2D eigenvalue weighted by molar-refractivity contribution is 6.34. The Labute approximate surface area is 193 Å². The lowest BCUT2D eigenvalue weighted by atomic mass is 10.0. The third-order valence-corrected chi connectivity index (χ3v) is 6.24. The largest absolute Gasteiger partial charge is 0.440 e. The van der Waals surface area contributed by atoms with Crippen molar-refractivity contribution in [2.45, 2.75) is 40.5 Å². The van der Waals surface area contributed by atoms with Crippen LogP contribution in [0.2, 0.25) is 5.02 Å². The number of para-hydroxylation sites is 1. The Hall–Kier alpha value is -3.24. The molecule has 0 atom stereocenters. The van der Waals surface area contributed by atoms with Crippen molar-refractivity contribution in [3.63, 3.8) is 0 Å². The summed E-state index contributed by atoms with van der Waals surface area (Å²) in [6, 6.07) is 17.4. The summed E-state index contributed by atoms with van der Waals surface area (Å²) in [7, 11) is 0. The maximum absolute atomic E-state index is 13.1. The number of halogens is 1. The number of benzene rings is 3. The summed E-state index contributed by atoms with van der Waals surface area (Å²) >= 11 is 6.53. The molecule has 164 valence electrons. The van der Waals surface area contributed by atoms with Crippen LogP contribution in [0.5, 0.6) is 0 Å². The zero-order valence-corrected chi connectivity index (χ0v) is 19.6. The molecule has 4 aromatic rings. The van der Waals surface area contributed by atoms with E-state index in [4.69, 9.17) is 16.0 Å². The summed E-state index contributed by atoms with van der Waals surface area (Å²) in [5, 5.41) is 7.50. The molecule has 0 aliphatic heterocycles. The number of hydrogen-bond donors (Lipinski definition) is 2. The van der Waals surface area contributed by atoms with Gasteiger partial charge in [-0.05, 0) is 67.1 Å². The molecule has 2 N–H and O–H groups in total. The Kier molecular flexibility index (Phi) is 6.24. The normalized spacial score (nSPS) is 11.0. The van der Waals surface area contributed by atoms with E-state index in [2.05, 4.69) is 37.5 Å². The molecule has 0 unspecified atom stereocenters. The van der Waals surface area contributed by atoms with E-state index >= 15 is 0 Å². The monoisotopic (exact) mass is 446 g/mol. The number of urea groups is 1. The van der Waals surface area contributed by atoms with Gasteiger partial charge in [0.15, 0.2) is 0 Å². The van der Waals surface area contributed by atoms with Crippen LogP contribution >= 0.6 is 11.6 Å². The third kappa shape index (κ3) is 4.11. The molecule has 0 fully saturated rings. The van der Waals surface area contributed by atoms with Crippen LogP contribution in [-0.4, -0.2) is 6.03 Å². The van der Waals surface area contributed by atoms with Gasteiger partial charge in [0.1, 0.15) is 5.58 Å². The van der Waals surface area contributed by atoms with Crippen molar-refractivity contribution in [2.75, 3.05) is 10.6 Å². The molecule has 1 aromatic heterocycles. The van der Waals surface area contributed by atoms with Crippen LogP contribution in [0.25, 0.3) is 22.1 Å². The lowest BCUT2D eigenvalue weighted by Crippen LogP contribution is -2.21. The first-order valence-corrected chi connectivity index (χ1v) is 11.3. The van der Waals surface area contributed by atoms with Crippen molar-refractivity contribution in [1.82, 2.24) is 0 Å². The zero-order chi connectivity index (χ0) is 22.8. The fraction of sp³-hybridized carbons (Fsp3) is 0.222. The van der Waals surface area contributed by atoms with E-state index in [-0.39, 0.29) is 6.03 Å². The number of nitrogens with one attached hydrogen (secondary N) is 2. The van der Waals surface area contributed by atoms with E-state index in [9.17, 15) is 4.79 Å². The second-order valence-electron chi connectivity index (χ2n) is 7.96. The van der Waals surface area contributed by atoms with Gasteiger partial charge in [-0.3, -0.25) is 5.32 Å². The van der Waals surface area contributed by atoms with Gasteiger partial charge in [-0.15, -0.1) is 0 Å². The number of furan rings is 1. The molecule has 0 saturated heterocycles. The molecule has 5 heteroatoms. The summed E-state index contributed by atoms with van der Waals surface area (Å²) < 4.78 is 6.14. The standard InChI is InChI=1S/C27H27ClN2O2/c1-5-18-10-9-11-19(6-2)25(18)29-27(31)30-26-24(20-12-7-8-13-22(20)28)21-14-16(3)17(4)15-23(21)32-26/h7-15H,5-6H2,1-4H3,(H2,29,30,31). The van der Waals surface area contributed by atoms with Crippen molar-refractivity contribution in [3.05, 3.63) is 81.9 Å². The van der Waals surface area contributed by atoms with Crippen LogP contribution in [0, 0.1) is 13.8 Å². The van der Waals surface area contributed by atoms with E-state index in [1.165, 1.54) is 0 Å². The number of anilines is 2. The Morgan fingerprint density at radius 3 is 2.22 bits per heavy atom. The highest BCUT2D eigenvalue weighted by atomic mass is 35.5. The third-order valence-electron chi connectivity index (χ3n) is 5.91. The average molecular weight is 447 g/mol. The summed E-state index contributed by atoms with van der Waals surface area (Å²) in [4.78, 5) is 13.1. The Morgan fingerprint density at radius 1 is 0.906 bits per heavy atom. The van der Waals surface area contributed by atoms with Crippen molar-refractivity contribution < 1.29 is 9.21 Å². The zero-order valence-electron chi connectivity index (χ0n) is 18.8. The minimum Gasteiger partial charge on any atom is -0.440 e. The van der Waals surface area contributed by atoms with Crippen molar-refractivity contribution in [1.29, 1.82) is 0 Å². The molecular weight excluding hydrogens is 420 g/mol. The fourth-order valence-electron chi connectivity index (χ4n) is 4.02. The first-order valence-electron chi connectivity index (χ1n) is 10.9. The van der Waals surface area contributed by atoms with Gasteiger partial charge in [-0.1, -0.05) is 61.8 Å². The number of amides is 2. The number of rotatable bonds is 5. The second-order valence-corrected chi connectivity index (χ2v) is 8.36. The van der Waals surface area contributed by atoms with Crippen molar-refractivity contribution >= 4 is 40.2 Å². The molecule has 0 saturated carbocycles. The number of hydrogen-bond acceptors (Lipinski definition) is 2. The SMILES string of the molecule is CCc1cccc(CC)c1NC(=O)Nc1oc2cc(C)c(C)cc2c1-c1ccccc1Cl. The smallest absolute Gasteiger partial charge is 0.326 e. The van der Waals surface area contributed by atoms with E-state index in [0.29, 0.717) is 16.5 Å². The maximum atomic E-state index is 13.1. The van der Waals surface area contributed by atoms with Gasteiger partial charge in [0, 0.05) is 21.7 Å². The molecule has 3 aromatic carbocycles. The van der Waals surface area contributed by atoms with Gasteiger partial charge < -0.3 is 9.73 Å². The molecule has 0 aliphatic rings. The van der Waals surface area contributed by atoms with E-state index in [0.717, 1.165) is 57.3 Å². The minimum atomic E-state index is -0.346. The Balaban J connectivity index is 1.78. The van der Waals surface area contributed by atoms with Crippen LogP contribution in [-0.2, 0) is 12.8 Å². The van der Waals surface area contributed by atoms with Crippen molar-refractivity contribution in [3.8, 4) is 11.1 Å². The van der Waals surface area contributed by atoms with Gasteiger partial charge in [-0.2, -0.15) is 0 Å². The fourth-order valence-corrected chi connectivity index (χ4v) is 4.25. The van der Waals surface area contributed by atoms with Crippen LogP contribution in [0.15, 0.2) is 59.0 Å². The molecular formula is C27H27ClN2O2. The lowest BCUT2D eigenvalue weighted by Gasteiger charge is -2.15. The van der Waals surface area contributed by atoms with Gasteiger partial charge in [-0.25, -0.2) is 4.79 Å². The van der Waals surface area contributed by atoms with E-state index in [1.807, 2.05) is 55.5 Å². The predicted octanol–water partition coefficient (Wildman–Crippen LogP) is 8.14. The van der Waals surface area contributed by atoms with Gasteiger partial charge in [0.05, 0.1) is 5.56 Å². The van der Waals surface area contributed by atoms with Crippen LogP contribution in [0.1, 0.15) is 36.1 Å². The first-order chi connectivity index (χ1) is 15.4. The highest BCUT2D eigenvalue weighted by Gasteiger charge is 2.21. The van der Waals surface area contributed by atoms with Crippen LogP contribution in [0.3, 0.4) is 0 Å². The lowest BCUT2D eigenvalue weighted by molar-refractivity contribution is 0.261. The van der Waals surface area contributed by atoms with Gasteiger partial charge >= 0.3 is 6.03 Å². The summed E-state index contributed by atoms with van der Waals surface area (Å²) in [5.74, 6) is 0.377. The number of aryl methyl sites for hydroxylation is 4. The maximum Gasteiger partial charge on any atom is 0.326 e. The summed E-state index contributed by atoms with van der Waals surface area (Å²) in [6.07, 6.45) is 1.66.